The topological polar surface area (TPSA) is 43.7 Å². The van der Waals surface area contributed by atoms with Crippen LogP contribution in [0.3, 0.4) is 0 Å². The van der Waals surface area contributed by atoms with E-state index in [-0.39, 0.29) is 11.8 Å². The minimum Gasteiger partial charge on any atom is -0.372 e. The number of hydrogen-bond donors (Lipinski definition) is 0. The summed E-state index contributed by atoms with van der Waals surface area (Å²) in [4.78, 5) is 20.0. The van der Waals surface area contributed by atoms with E-state index in [4.69, 9.17) is 9.97 Å². The summed E-state index contributed by atoms with van der Waals surface area (Å²) in [6.45, 7) is 43.8. The summed E-state index contributed by atoms with van der Waals surface area (Å²) in [6.07, 6.45) is 0.843. The molecule has 0 saturated carbocycles. The van der Waals surface area contributed by atoms with Crippen molar-refractivity contribution in [1.82, 2.24) is 14.5 Å². The standard InChI is InChI=1S/C52H56N4.C49H53N3/c1-9-55(10-2)44-25-27-46(37(7)31-44)50(47-28-26-45(32-38(47)8)56(11-3)12-4)43-30-36(6)29-40(34-43)33-39-19-23-42(24-20-39)52-51(41-21-17-35(5)18-22-41)53-48-15-13-14-16-49(48)54-52;1-9-50(10-2)41-24-19-37(20-25-41)49(48-35(7)29-43(30-36(48)8)51(11-3)12-4)40-28-34(6)27-39(31-40)38-21-26-47-45(32-38)44-15-13-14-16-46(44)52(47)42-22-17-33(5)18-23-42/h13-32,34,50H,9-12,33H2,1-8H3;13-32,49H,9-12H2,1-8H3. The molecule has 2 aromatic heterocycles. The highest BCUT2D eigenvalue weighted by Crippen LogP contribution is 2.44. The largest absolute Gasteiger partial charge is 0.372 e. The number of aryl methyl sites for hydroxylation is 8. The molecule has 7 heteroatoms. The second kappa shape index (κ2) is 33.4. The van der Waals surface area contributed by atoms with Crippen molar-refractivity contribution in [3.05, 3.63) is 338 Å². The van der Waals surface area contributed by atoms with Gasteiger partial charge in [-0.05, 0) is 286 Å². The first-order valence-corrected chi connectivity index (χ1v) is 39.6. The van der Waals surface area contributed by atoms with Crippen molar-refractivity contribution in [1.29, 1.82) is 0 Å². The fourth-order valence-corrected chi connectivity index (χ4v) is 16.8. The summed E-state index contributed by atoms with van der Waals surface area (Å²) in [5.74, 6) is 0.210. The quantitative estimate of drug-likeness (QED) is 0.0562. The van der Waals surface area contributed by atoms with E-state index >= 15 is 0 Å². The van der Waals surface area contributed by atoms with Crippen molar-refractivity contribution >= 4 is 55.6 Å². The molecule has 0 radical (unpaired) electrons. The third kappa shape index (κ3) is 15.9. The molecule has 548 valence electrons. The summed E-state index contributed by atoms with van der Waals surface area (Å²) < 4.78 is 2.40. The van der Waals surface area contributed by atoms with Gasteiger partial charge in [-0.1, -0.05) is 180 Å². The predicted octanol–water partition coefficient (Wildman–Crippen LogP) is 25.2. The van der Waals surface area contributed by atoms with Gasteiger partial charge in [0.1, 0.15) is 0 Å². The Kier molecular flexibility index (Phi) is 23.3. The Hall–Kier alpha value is -11.0. The number of aromatic nitrogens is 3. The maximum Gasteiger partial charge on any atom is 0.0973 e. The van der Waals surface area contributed by atoms with E-state index in [2.05, 4.69) is 359 Å². The number of para-hydroxylation sites is 3. The van der Waals surface area contributed by atoms with E-state index < -0.39 is 0 Å². The SMILES string of the molecule is CCN(CC)c1ccc(C(c2cc(C)cc(-c3ccc4c(c3)c3ccccc3n4-c3ccc(C)cc3)c2)c2c(C)cc(N(CC)CC)cc2C)cc1.CCN(CC)c1ccc(C(c2cc(C)cc(Cc3ccc(-c4nc5ccccc5nc4-c4ccc(C)cc4)cc3)c2)c2ccc(N(CC)CC)cc2C)c(C)c1. The fraction of sp³-hybridized carbons (Fsp3) is 0.267. The van der Waals surface area contributed by atoms with E-state index in [1.165, 1.54) is 150 Å². The molecule has 0 amide bonds. The van der Waals surface area contributed by atoms with Crippen LogP contribution in [0.4, 0.5) is 22.7 Å². The Labute approximate surface area is 644 Å². The van der Waals surface area contributed by atoms with Crippen molar-refractivity contribution in [2.24, 2.45) is 0 Å². The van der Waals surface area contributed by atoms with Crippen LogP contribution in [0.15, 0.2) is 249 Å². The smallest absolute Gasteiger partial charge is 0.0973 e. The van der Waals surface area contributed by atoms with E-state index in [0.717, 1.165) is 92.3 Å². The summed E-state index contributed by atoms with van der Waals surface area (Å²) in [6, 6.07) is 93.2. The lowest BCUT2D eigenvalue weighted by molar-refractivity contribution is 0.859. The molecule has 0 spiro atoms. The summed E-state index contributed by atoms with van der Waals surface area (Å²) in [7, 11) is 0. The summed E-state index contributed by atoms with van der Waals surface area (Å²) in [5.41, 5.74) is 38.2. The lowest BCUT2D eigenvalue weighted by atomic mass is 9.79. The first kappa shape index (κ1) is 75.2. The average Bonchev–Trinajstić information content (AvgIpc) is 1.54. The normalized spacial score (nSPS) is 11.7. The molecule has 0 aliphatic rings. The zero-order valence-electron chi connectivity index (χ0n) is 66.8. The first-order chi connectivity index (χ1) is 52.4. The monoisotopic (exact) mass is 1420 g/mol. The first-order valence-electron chi connectivity index (χ1n) is 39.6. The highest BCUT2D eigenvalue weighted by atomic mass is 15.1. The van der Waals surface area contributed by atoms with Crippen LogP contribution in [0.25, 0.3) is 72.2 Å². The van der Waals surface area contributed by atoms with Gasteiger partial charge in [0.25, 0.3) is 0 Å². The van der Waals surface area contributed by atoms with Gasteiger partial charge in [-0.25, -0.2) is 9.97 Å². The molecule has 14 rings (SSSR count). The fourth-order valence-electron chi connectivity index (χ4n) is 16.8. The second-order valence-electron chi connectivity index (χ2n) is 29.7. The number of benzene rings is 12. The zero-order chi connectivity index (χ0) is 75.9. The molecule has 108 heavy (non-hydrogen) atoms. The highest BCUT2D eigenvalue weighted by Gasteiger charge is 2.27. The molecule has 0 N–H and O–H groups in total. The van der Waals surface area contributed by atoms with E-state index in [1.807, 2.05) is 24.3 Å². The van der Waals surface area contributed by atoms with Crippen molar-refractivity contribution in [2.75, 3.05) is 72.0 Å². The number of rotatable bonds is 24. The average molecular weight is 1420 g/mol. The van der Waals surface area contributed by atoms with E-state index in [0.29, 0.717) is 0 Å². The van der Waals surface area contributed by atoms with Gasteiger partial charge in [0.05, 0.1) is 33.5 Å². The van der Waals surface area contributed by atoms with Gasteiger partial charge in [0.15, 0.2) is 0 Å². The van der Waals surface area contributed by atoms with E-state index in [9.17, 15) is 0 Å². The maximum atomic E-state index is 5.15. The third-order valence-electron chi connectivity index (χ3n) is 22.5. The van der Waals surface area contributed by atoms with Crippen molar-refractivity contribution < 1.29 is 0 Å². The molecule has 0 aliphatic heterocycles. The lowest BCUT2D eigenvalue weighted by Crippen LogP contribution is -2.22. The summed E-state index contributed by atoms with van der Waals surface area (Å²) in [5, 5.41) is 2.55. The Morgan fingerprint density at radius 1 is 0.296 bits per heavy atom. The molecule has 0 aliphatic carbocycles. The molecular weight excluding hydrogens is 1310 g/mol. The van der Waals surface area contributed by atoms with Gasteiger partial charge in [-0.15, -0.1) is 0 Å². The Balaban J connectivity index is 0.000000191. The molecule has 1 atom stereocenters. The zero-order valence-corrected chi connectivity index (χ0v) is 66.8. The Bertz CT molecular complexity index is 5370. The van der Waals surface area contributed by atoms with Crippen LogP contribution in [-0.2, 0) is 6.42 Å². The van der Waals surface area contributed by atoms with Gasteiger partial charge >= 0.3 is 0 Å². The van der Waals surface area contributed by atoms with Crippen LogP contribution >= 0.6 is 0 Å². The van der Waals surface area contributed by atoms with Crippen LogP contribution < -0.4 is 19.6 Å². The molecule has 0 bridgehead atoms. The molecule has 2 heterocycles. The van der Waals surface area contributed by atoms with Crippen LogP contribution in [-0.4, -0.2) is 66.9 Å². The predicted molar refractivity (Wildman–Crippen MR) is 466 cm³/mol. The van der Waals surface area contributed by atoms with Crippen LogP contribution in [0.2, 0.25) is 0 Å². The molecule has 0 fully saturated rings. The number of nitrogens with zero attached hydrogens (tertiary/aromatic N) is 7. The van der Waals surface area contributed by atoms with E-state index in [1.54, 1.807) is 0 Å². The van der Waals surface area contributed by atoms with Crippen molar-refractivity contribution in [3.63, 3.8) is 0 Å². The minimum absolute atomic E-state index is 0.0994. The molecule has 0 saturated heterocycles. The Morgan fingerprint density at radius 3 is 1.28 bits per heavy atom. The molecule has 14 aromatic rings. The van der Waals surface area contributed by atoms with Crippen molar-refractivity contribution in [2.45, 2.75) is 129 Å². The van der Waals surface area contributed by atoms with Crippen LogP contribution in [0.1, 0.15) is 156 Å². The van der Waals surface area contributed by atoms with Gasteiger partial charge in [0, 0.05) is 115 Å². The Morgan fingerprint density at radius 2 is 0.741 bits per heavy atom. The molecular formula is C101H109N7. The molecule has 7 nitrogen and oxygen atoms in total. The van der Waals surface area contributed by atoms with Gasteiger partial charge in [-0.2, -0.15) is 0 Å². The second-order valence-corrected chi connectivity index (χ2v) is 29.7. The third-order valence-corrected chi connectivity index (χ3v) is 22.5. The number of hydrogen-bond acceptors (Lipinski definition) is 6. The van der Waals surface area contributed by atoms with Crippen LogP contribution in [0, 0.1) is 55.4 Å². The van der Waals surface area contributed by atoms with Gasteiger partial charge < -0.3 is 24.2 Å². The highest BCUT2D eigenvalue weighted by molar-refractivity contribution is 6.10. The number of anilines is 4. The van der Waals surface area contributed by atoms with Gasteiger partial charge in [0.2, 0.25) is 0 Å². The maximum absolute atomic E-state index is 5.15. The van der Waals surface area contributed by atoms with Crippen molar-refractivity contribution in [3.8, 4) is 39.3 Å². The minimum atomic E-state index is 0.0994. The summed E-state index contributed by atoms with van der Waals surface area (Å²) >= 11 is 0. The molecule has 1 unspecified atom stereocenters. The lowest BCUT2D eigenvalue weighted by Gasteiger charge is -2.28. The van der Waals surface area contributed by atoms with Crippen LogP contribution in [0.5, 0.6) is 0 Å². The number of fused-ring (bicyclic) bond motifs is 4. The van der Waals surface area contributed by atoms with Gasteiger partial charge in [-0.3, -0.25) is 0 Å². The molecule has 12 aromatic carbocycles.